The Morgan fingerprint density at radius 1 is 1.04 bits per heavy atom. The Labute approximate surface area is 282 Å². The predicted molar refractivity (Wildman–Crippen MR) is 177 cm³/mol. The molecule has 0 atom stereocenters. The minimum atomic E-state index is -4.65. The number of imidazole rings is 1. The van der Waals surface area contributed by atoms with Crippen LogP contribution in [-0.2, 0) is 11.0 Å². The van der Waals surface area contributed by atoms with Crippen LogP contribution in [0.1, 0.15) is 42.5 Å². The zero-order valence-electron chi connectivity index (χ0n) is 28.2. The van der Waals surface area contributed by atoms with Crippen molar-refractivity contribution in [1.82, 2.24) is 29.1 Å². The van der Waals surface area contributed by atoms with Crippen LogP contribution in [0.25, 0.3) is 22.8 Å². The summed E-state index contributed by atoms with van der Waals surface area (Å²) in [6, 6.07) is 13.5. The second kappa shape index (κ2) is 13.8. The SMILES string of the molecule is Cc1c(-c2ccnn2-c2ccc(C#N)cc2)n(C(=O)N[C@H]2CC[C@H](C(=O)N(C)CC[N+](C)(C)C)CC2)c(=O)n1-c1cccc(C(F)(F)F)c1. The normalized spacial score (nSPS) is 16.6. The van der Waals surface area contributed by atoms with Gasteiger partial charge in [0.05, 0.1) is 80.4 Å². The van der Waals surface area contributed by atoms with Gasteiger partial charge < -0.3 is 14.7 Å². The molecule has 11 nitrogen and oxygen atoms in total. The van der Waals surface area contributed by atoms with E-state index in [4.69, 9.17) is 0 Å². The van der Waals surface area contributed by atoms with Crippen LogP contribution in [0.3, 0.4) is 0 Å². The first-order valence-corrected chi connectivity index (χ1v) is 16.0. The van der Waals surface area contributed by atoms with Gasteiger partial charge in [0.1, 0.15) is 5.69 Å². The van der Waals surface area contributed by atoms with Gasteiger partial charge in [-0.25, -0.2) is 18.8 Å². The lowest BCUT2D eigenvalue weighted by Gasteiger charge is -2.32. The minimum Gasteiger partial charge on any atom is -0.340 e. The van der Waals surface area contributed by atoms with Crippen LogP contribution >= 0.6 is 0 Å². The number of likely N-dealkylation sites (N-methyl/N-ethyl adjacent to an activating group) is 2. The van der Waals surface area contributed by atoms with Crippen molar-refractivity contribution in [2.45, 2.75) is 44.8 Å². The molecule has 2 aromatic heterocycles. The fourth-order valence-corrected chi connectivity index (χ4v) is 6.18. The second-order valence-corrected chi connectivity index (χ2v) is 13.5. The molecule has 1 fully saturated rings. The lowest BCUT2D eigenvalue weighted by molar-refractivity contribution is -0.869. The summed E-state index contributed by atoms with van der Waals surface area (Å²) in [4.78, 5) is 43.0. The predicted octanol–water partition coefficient (Wildman–Crippen LogP) is 4.97. The number of hydrogen-bond acceptors (Lipinski definition) is 5. The molecule has 0 spiro atoms. The third kappa shape index (κ3) is 7.62. The van der Waals surface area contributed by atoms with Crippen molar-refractivity contribution in [3.05, 3.63) is 88.1 Å². The van der Waals surface area contributed by atoms with Crippen molar-refractivity contribution in [2.24, 2.45) is 5.92 Å². The molecule has 4 aromatic rings. The second-order valence-electron chi connectivity index (χ2n) is 13.5. The molecular formula is C35H40F3N8O3+. The quantitative estimate of drug-likeness (QED) is 0.265. The standard InChI is InChI=1S/C35H39F3N8O3/c1-23-31(30-17-18-40-45(30)28-15-9-24(22-39)10-16-28)44(34(49)43(23)29-8-6-7-26(21-29)35(36,37)38)33(48)41-27-13-11-25(12-14-27)32(47)42(2)19-20-46(3,4)5/h6-10,15-18,21,25,27H,11-14,19-20H2,1-5H3/p+1/t25-,27-. The van der Waals surface area contributed by atoms with E-state index < -0.39 is 23.5 Å². The largest absolute Gasteiger partial charge is 0.416 e. The van der Waals surface area contributed by atoms with Crippen LogP contribution in [0.5, 0.6) is 0 Å². The van der Waals surface area contributed by atoms with Crippen molar-refractivity contribution >= 4 is 11.9 Å². The molecule has 49 heavy (non-hydrogen) atoms. The topological polar surface area (TPSA) is 118 Å². The Morgan fingerprint density at radius 3 is 2.33 bits per heavy atom. The van der Waals surface area contributed by atoms with Gasteiger partial charge in [0.25, 0.3) is 0 Å². The van der Waals surface area contributed by atoms with Gasteiger partial charge in [-0.3, -0.25) is 9.36 Å². The van der Waals surface area contributed by atoms with E-state index >= 15 is 0 Å². The lowest BCUT2D eigenvalue weighted by atomic mass is 9.85. The van der Waals surface area contributed by atoms with Crippen LogP contribution in [0.4, 0.5) is 18.0 Å². The minimum absolute atomic E-state index is 0.0528. The summed E-state index contributed by atoms with van der Waals surface area (Å²) in [5.74, 6) is -0.100. The highest BCUT2D eigenvalue weighted by Crippen LogP contribution is 2.32. The van der Waals surface area contributed by atoms with Gasteiger partial charge in [0, 0.05) is 19.0 Å². The number of halogens is 3. The molecule has 1 aliphatic carbocycles. The van der Waals surface area contributed by atoms with Gasteiger partial charge in [-0.2, -0.15) is 23.5 Å². The fraction of sp³-hybridized carbons (Fsp3) is 0.400. The van der Waals surface area contributed by atoms with E-state index in [1.54, 1.807) is 49.2 Å². The molecule has 0 aliphatic heterocycles. The summed E-state index contributed by atoms with van der Waals surface area (Å²) < 4.78 is 45.3. The van der Waals surface area contributed by atoms with Crippen molar-refractivity contribution in [1.29, 1.82) is 5.26 Å². The van der Waals surface area contributed by atoms with Gasteiger partial charge in [-0.05, 0) is 81.1 Å². The van der Waals surface area contributed by atoms with Crippen molar-refractivity contribution in [2.75, 3.05) is 41.3 Å². The van der Waals surface area contributed by atoms with Crippen LogP contribution < -0.4 is 11.0 Å². The number of nitrogens with zero attached hydrogens (tertiary/aromatic N) is 7. The summed E-state index contributed by atoms with van der Waals surface area (Å²) >= 11 is 0. The molecule has 0 saturated heterocycles. The van der Waals surface area contributed by atoms with Crippen LogP contribution in [0, 0.1) is 24.2 Å². The Balaban J connectivity index is 1.48. The molecule has 0 unspecified atom stereocenters. The van der Waals surface area contributed by atoms with Crippen LogP contribution in [0.2, 0.25) is 0 Å². The van der Waals surface area contributed by atoms with E-state index in [0.717, 1.165) is 32.3 Å². The van der Waals surface area contributed by atoms with E-state index in [1.807, 2.05) is 0 Å². The Morgan fingerprint density at radius 2 is 1.71 bits per heavy atom. The molecule has 0 bridgehead atoms. The number of amides is 2. The van der Waals surface area contributed by atoms with E-state index in [0.29, 0.717) is 49.2 Å². The zero-order valence-corrected chi connectivity index (χ0v) is 28.2. The number of rotatable bonds is 8. The van der Waals surface area contributed by atoms with E-state index in [9.17, 15) is 32.8 Å². The molecule has 1 aliphatic rings. The molecular weight excluding hydrogens is 637 g/mol. The average molecular weight is 678 g/mol. The summed E-state index contributed by atoms with van der Waals surface area (Å²) in [5.41, 5.74) is -0.168. The van der Waals surface area contributed by atoms with Gasteiger partial charge in [-0.15, -0.1) is 0 Å². The van der Waals surface area contributed by atoms with E-state index in [1.165, 1.54) is 23.0 Å². The van der Waals surface area contributed by atoms with E-state index in [-0.39, 0.29) is 34.9 Å². The van der Waals surface area contributed by atoms with Crippen molar-refractivity contribution in [3.8, 4) is 28.8 Å². The number of quaternary nitrogens is 1. The number of carbonyl (C=O) groups is 2. The van der Waals surface area contributed by atoms with Crippen LogP contribution in [-0.4, -0.2) is 87.6 Å². The highest BCUT2D eigenvalue weighted by atomic mass is 19.4. The highest BCUT2D eigenvalue weighted by Gasteiger charge is 2.34. The summed E-state index contributed by atoms with van der Waals surface area (Å²) in [7, 11) is 8.01. The Bertz CT molecular complexity index is 1940. The molecule has 2 heterocycles. The molecule has 2 amide bonds. The molecule has 14 heteroatoms. The lowest BCUT2D eigenvalue weighted by Crippen LogP contribution is -2.46. The first-order chi connectivity index (χ1) is 23.1. The number of benzene rings is 2. The fourth-order valence-electron chi connectivity index (χ4n) is 6.18. The van der Waals surface area contributed by atoms with Crippen LogP contribution in [0.15, 0.2) is 65.6 Å². The first kappa shape index (κ1) is 35.2. The van der Waals surface area contributed by atoms with Gasteiger partial charge >= 0.3 is 17.9 Å². The average Bonchev–Trinajstić information content (AvgIpc) is 3.64. The maximum atomic E-state index is 14.1. The van der Waals surface area contributed by atoms with E-state index in [2.05, 4.69) is 37.6 Å². The number of hydrogen-bond donors (Lipinski definition) is 1. The smallest absolute Gasteiger partial charge is 0.340 e. The number of carbonyl (C=O) groups excluding carboxylic acids is 2. The van der Waals surface area contributed by atoms with Gasteiger partial charge in [0.15, 0.2) is 0 Å². The maximum Gasteiger partial charge on any atom is 0.416 e. The van der Waals surface area contributed by atoms with Gasteiger partial charge in [-0.1, -0.05) is 6.07 Å². The highest BCUT2D eigenvalue weighted by molar-refractivity contribution is 5.83. The molecule has 0 radical (unpaired) electrons. The molecule has 1 N–H and O–H groups in total. The van der Waals surface area contributed by atoms with Crippen molar-refractivity contribution in [3.63, 3.8) is 0 Å². The van der Waals surface area contributed by atoms with Crippen molar-refractivity contribution < 1.29 is 27.2 Å². The Kier molecular flexibility index (Phi) is 9.87. The number of aromatic nitrogens is 4. The Hall–Kier alpha value is -5.16. The monoisotopic (exact) mass is 677 g/mol. The molecule has 1 saturated carbocycles. The number of alkyl halides is 3. The zero-order chi connectivity index (χ0) is 35.7. The molecule has 258 valence electrons. The summed E-state index contributed by atoms with van der Waals surface area (Å²) in [6.45, 7) is 3.00. The molecule has 2 aromatic carbocycles. The number of nitriles is 1. The first-order valence-electron chi connectivity index (χ1n) is 16.0. The third-order valence-corrected chi connectivity index (χ3v) is 8.93. The summed E-state index contributed by atoms with van der Waals surface area (Å²) in [5, 5.41) is 16.6. The maximum absolute atomic E-state index is 14.1. The third-order valence-electron chi connectivity index (χ3n) is 8.93. The molecule has 5 rings (SSSR count). The number of nitrogens with one attached hydrogen (secondary N) is 1. The summed E-state index contributed by atoms with van der Waals surface area (Å²) in [6.07, 6.45) is -0.994. The van der Waals surface area contributed by atoms with Gasteiger partial charge in [0.2, 0.25) is 5.91 Å².